The second-order valence-corrected chi connectivity index (χ2v) is 9.65. The third-order valence-electron chi connectivity index (χ3n) is 6.47. The molecule has 1 aromatic heterocycles. The third-order valence-corrected chi connectivity index (χ3v) is 7.61. The Morgan fingerprint density at radius 3 is 2.46 bits per heavy atom. The van der Waals surface area contributed by atoms with Crippen LogP contribution >= 0.6 is 11.3 Å². The van der Waals surface area contributed by atoms with Gasteiger partial charge in [0.2, 0.25) is 0 Å². The standard InChI is InChI=1S/C23H23NOS/c1-23(2)13-15-12-17(25)21(23)19(14-8-4-3-5-9-14)20(15)22-24-16-10-6-7-11-18(16)26-22/h3-11,15,19-21H,12-13H2,1-2H3/t15-,19+,20-,21-/m1/s1. The van der Waals surface area contributed by atoms with Gasteiger partial charge in [0, 0.05) is 24.2 Å². The van der Waals surface area contributed by atoms with Crippen molar-refractivity contribution in [1.82, 2.24) is 4.98 Å². The first-order chi connectivity index (χ1) is 12.5. The number of ketones is 1. The highest BCUT2D eigenvalue weighted by Crippen LogP contribution is 2.63. The van der Waals surface area contributed by atoms with Crippen molar-refractivity contribution in [3.05, 3.63) is 65.2 Å². The summed E-state index contributed by atoms with van der Waals surface area (Å²) in [6, 6.07) is 19.1. The van der Waals surface area contributed by atoms with E-state index in [0.29, 0.717) is 17.6 Å². The van der Waals surface area contributed by atoms with Crippen LogP contribution in [0.4, 0.5) is 0 Å². The van der Waals surface area contributed by atoms with Crippen LogP contribution < -0.4 is 0 Å². The minimum absolute atomic E-state index is 0.0632. The van der Waals surface area contributed by atoms with Gasteiger partial charge in [-0.2, -0.15) is 0 Å². The Morgan fingerprint density at radius 2 is 1.73 bits per heavy atom. The average molecular weight is 362 g/mol. The highest BCUT2D eigenvalue weighted by molar-refractivity contribution is 7.18. The van der Waals surface area contributed by atoms with Crippen molar-refractivity contribution in [3.63, 3.8) is 0 Å². The highest BCUT2D eigenvalue weighted by Gasteiger charge is 2.57. The lowest BCUT2D eigenvalue weighted by Crippen LogP contribution is -2.52. The summed E-state index contributed by atoms with van der Waals surface area (Å²) in [5, 5.41) is 1.22. The number of benzene rings is 2. The molecule has 0 saturated heterocycles. The zero-order chi connectivity index (χ0) is 17.9. The van der Waals surface area contributed by atoms with Crippen LogP contribution in [-0.2, 0) is 4.79 Å². The summed E-state index contributed by atoms with van der Waals surface area (Å²) >= 11 is 1.82. The molecule has 4 atom stereocenters. The molecule has 2 aromatic carbocycles. The maximum Gasteiger partial charge on any atom is 0.137 e. The van der Waals surface area contributed by atoms with Gasteiger partial charge in [0.05, 0.1) is 15.2 Å². The van der Waals surface area contributed by atoms with Crippen molar-refractivity contribution in [3.8, 4) is 0 Å². The van der Waals surface area contributed by atoms with E-state index in [2.05, 4.69) is 68.4 Å². The topological polar surface area (TPSA) is 30.0 Å². The number of fused-ring (bicyclic) bond motifs is 4. The molecule has 6 rings (SSSR count). The van der Waals surface area contributed by atoms with Crippen LogP contribution in [-0.4, -0.2) is 10.8 Å². The largest absolute Gasteiger partial charge is 0.299 e. The quantitative estimate of drug-likeness (QED) is 0.577. The van der Waals surface area contributed by atoms with Gasteiger partial charge < -0.3 is 0 Å². The van der Waals surface area contributed by atoms with Crippen molar-refractivity contribution in [1.29, 1.82) is 0 Å². The lowest BCUT2D eigenvalue weighted by Gasteiger charge is -2.55. The molecule has 0 aliphatic heterocycles. The van der Waals surface area contributed by atoms with Crippen molar-refractivity contribution < 1.29 is 4.79 Å². The van der Waals surface area contributed by atoms with Gasteiger partial charge in [0.25, 0.3) is 0 Å². The Bertz CT molecular complexity index is 941. The van der Waals surface area contributed by atoms with Gasteiger partial charge in [-0.1, -0.05) is 56.3 Å². The molecule has 3 heteroatoms. The average Bonchev–Trinajstić information content (AvgIpc) is 3.04. The number of hydrogen-bond donors (Lipinski definition) is 0. The number of carbonyl (C=O) groups is 1. The Balaban J connectivity index is 1.68. The molecule has 3 aromatic rings. The molecule has 2 nitrogen and oxygen atoms in total. The van der Waals surface area contributed by atoms with Crippen molar-refractivity contribution in [2.45, 2.75) is 38.5 Å². The van der Waals surface area contributed by atoms with E-state index in [0.717, 1.165) is 18.4 Å². The minimum Gasteiger partial charge on any atom is -0.299 e. The molecule has 2 bridgehead atoms. The van der Waals surface area contributed by atoms with E-state index < -0.39 is 0 Å². The van der Waals surface area contributed by atoms with E-state index in [4.69, 9.17) is 4.98 Å². The zero-order valence-corrected chi connectivity index (χ0v) is 16.0. The number of hydrogen-bond acceptors (Lipinski definition) is 3. The van der Waals surface area contributed by atoms with E-state index in [1.165, 1.54) is 15.3 Å². The van der Waals surface area contributed by atoms with E-state index in [-0.39, 0.29) is 17.3 Å². The van der Waals surface area contributed by atoms with Gasteiger partial charge in [0.15, 0.2) is 0 Å². The van der Waals surface area contributed by atoms with Crippen LogP contribution in [0.15, 0.2) is 54.6 Å². The summed E-state index contributed by atoms with van der Waals surface area (Å²) in [4.78, 5) is 18.0. The van der Waals surface area contributed by atoms with Crippen LogP contribution in [0.2, 0.25) is 0 Å². The summed E-state index contributed by atoms with van der Waals surface area (Å²) < 4.78 is 1.25. The van der Waals surface area contributed by atoms with Crippen LogP contribution in [0.1, 0.15) is 49.1 Å². The summed E-state index contributed by atoms with van der Waals surface area (Å²) in [5.41, 5.74) is 2.45. The summed E-state index contributed by atoms with van der Waals surface area (Å²) in [6.07, 6.45) is 1.84. The first-order valence-corrected chi connectivity index (χ1v) is 10.3. The van der Waals surface area contributed by atoms with Crippen LogP contribution in [0.3, 0.4) is 0 Å². The van der Waals surface area contributed by atoms with Gasteiger partial charge in [-0.15, -0.1) is 11.3 Å². The van der Waals surface area contributed by atoms with Crippen molar-refractivity contribution in [2.24, 2.45) is 17.3 Å². The van der Waals surface area contributed by atoms with Gasteiger partial charge >= 0.3 is 0 Å². The molecule has 1 heterocycles. The Labute approximate surface area is 158 Å². The molecule has 3 aliphatic carbocycles. The predicted molar refractivity (Wildman–Crippen MR) is 107 cm³/mol. The maximum absolute atomic E-state index is 13.0. The molecule has 132 valence electrons. The van der Waals surface area contributed by atoms with Gasteiger partial charge in [-0.3, -0.25) is 4.79 Å². The fourth-order valence-corrected chi connectivity index (χ4v) is 6.81. The Kier molecular flexibility index (Phi) is 3.58. The van der Waals surface area contributed by atoms with E-state index in [1.54, 1.807) is 0 Å². The molecule has 0 spiro atoms. The molecule has 0 unspecified atom stereocenters. The summed E-state index contributed by atoms with van der Waals surface area (Å²) in [7, 11) is 0. The third kappa shape index (κ3) is 2.37. The molecule has 0 N–H and O–H groups in total. The molecular formula is C23H23NOS. The number of aromatic nitrogens is 1. The van der Waals surface area contributed by atoms with E-state index in [9.17, 15) is 4.79 Å². The van der Waals surface area contributed by atoms with Gasteiger partial charge in [-0.05, 0) is 35.4 Å². The lowest BCUT2D eigenvalue weighted by atomic mass is 9.48. The summed E-state index contributed by atoms with van der Waals surface area (Å²) in [5.74, 6) is 1.54. The number of thiazole rings is 1. The first kappa shape index (κ1) is 16.2. The monoisotopic (exact) mass is 361 g/mol. The molecular weight excluding hydrogens is 338 g/mol. The molecule has 3 saturated carbocycles. The second kappa shape index (κ2) is 5.75. The number of Topliss-reactive ketones (excluding diaryl/α,β-unsaturated/α-hetero) is 1. The van der Waals surface area contributed by atoms with Gasteiger partial charge in [-0.25, -0.2) is 4.98 Å². The number of nitrogens with zero attached hydrogens (tertiary/aromatic N) is 1. The number of para-hydroxylation sites is 1. The predicted octanol–water partition coefficient (Wildman–Crippen LogP) is 5.80. The van der Waals surface area contributed by atoms with Crippen LogP contribution in [0, 0.1) is 17.3 Å². The first-order valence-electron chi connectivity index (χ1n) is 9.48. The minimum atomic E-state index is 0.0632. The highest BCUT2D eigenvalue weighted by atomic mass is 32.1. The Hall–Kier alpha value is -2.00. The molecule has 26 heavy (non-hydrogen) atoms. The fourth-order valence-electron chi connectivity index (χ4n) is 5.60. The fraction of sp³-hybridized carbons (Fsp3) is 0.391. The molecule has 3 aliphatic rings. The van der Waals surface area contributed by atoms with Gasteiger partial charge in [0.1, 0.15) is 5.78 Å². The molecule has 0 radical (unpaired) electrons. The summed E-state index contributed by atoms with van der Waals surface area (Å²) in [6.45, 7) is 4.57. The molecule has 0 amide bonds. The van der Waals surface area contributed by atoms with E-state index in [1.807, 2.05) is 11.3 Å². The van der Waals surface area contributed by atoms with Crippen molar-refractivity contribution >= 4 is 27.3 Å². The number of carbonyl (C=O) groups excluding carboxylic acids is 1. The lowest BCUT2D eigenvalue weighted by molar-refractivity contribution is -0.140. The number of rotatable bonds is 2. The second-order valence-electron chi connectivity index (χ2n) is 8.58. The SMILES string of the molecule is CC1(C)C[C@H]2CC(=O)[C@@H]1[C@@H](c1ccccc1)[C@@H]2c1nc2ccccc2s1. The van der Waals surface area contributed by atoms with E-state index >= 15 is 0 Å². The Morgan fingerprint density at radius 1 is 1.00 bits per heavy atom. The van der Waals surface area contributed by atoms with Crippen LogP contribution in [0.25, 0.3) is 10.2 Å². The molecule has 3 fully saturated rings. The normalized spacial score (nSPS) is 30.0. The smallest absolute Gasteiger partial charge is 0.137 e. The van der Waals surface area contributed by atoms with Crippen molar-refractivity contribution in [2.75, 3.05) is 0 Å². The zero-order valence-electron chi connectivity index (χ0n) is 15.2. The maximum atomic E-state index is 13.0. The van der Waals surface area contributed by atoms with Crippen LogP contribution in [0.5, 0.6) is 0 Å².